The zero-order valence-corrected chi connectivity index (χ0v) is 45.3. The van der Waals surface area contributed by atoms with Gasteiger partial charge in [0.1, 0.15) is 13.2 Å². The number of nitrogens with one attached hydrogen (secondary N) is 1. The molecule has 0 aromatic carbocycles. The third-order valence-corrected chi connectivity index (χ3v) is 13.8. The number of aliphatic hydroxyl groups excluding tert-OH is 1. The van der Waals surface area contributed by atoms with Gasteiger partial charge in [-0.3, -0.25) is 9.36 Å². The summed E-state index contributed by atoms with van der Waals surface area (Å²) in [7, 11) is 1.24. The van der Waals surface area contributed by atoms with Crippen molar-refractivity contribution in [3.8, 4) is 0 Å². The maximum Gasteiger partial charge on any atom is 0.268 e. The first kappa shape index (κ1) is 64.7. The Morgan fingerprint density at radius 2 is 0.848 bits per heavy atom. The van der Waals surface area contributed by atoms with Gasteiger partial charge in [0.25, 0.3) is 7.82 Å². The molecule has 0 rings (SSSR count). The summed E-state index contributed by atoms with van der Waals surface area (Å²) >= 11 is 0. The van der Waals surface area contributed by atoms with Crippen LogP contribution in [0.3, 0.4) is 0 Å². The average Bonchev–Trinajstić information content (AvgIpc) is 3.28. The van der Waals surface area contributed by atoms with E-state index in [2.05, 4.69) is 43.5 Å². The average molecular weight is 951 g/mol. The molecule has 0 aliphatic heterocycles. The monoisotopic (exact) mass is 951 g/mol. The molecule has 0 aromatic heterocycles. The number of likely N-dealkylation sites (N-methyl/N-ethyl adjacent to an activating group) is 1. The largest absolute Gasteiger partial charge is 0.756 e. The first-order valence-corrected chi connectivity index (χ1v) is 29.8. The molecule has 8 nitrogen and oxygen atoms in total. The number of carbonyl (C=O) groups excluding carboxylic acids is 1. The van der Waals surface area contributed by atoms with Gasteiger partial charge in [0.2, 0.25) is 5.91 Å². The number of hydrogen-bond acceptors (Lipinski definition) is 6. The summed E-state index contributed by atoms with van der Waals surface area (Å²) in [4.78, 5) is 25.4. The van der Waals surface area contributed by atoms with Crippen molar-refractivity contribution in [1.29, 1.82) is 0 Å². The lowest BCUT2D eigenvalue weighted by atomic mass is 10.0. The van der Waals surface area contributed by atoms with Crippen LogP contribution in [0.25, 0.3) is 0 Å². The van der Waals surface area contributed by atoms with Gasteiger partial charge in [-0.1, -0.05) is 256 Å². The molecular weight excluding hydrogens is 840 g/mol. The van der Waals surface area contributed by atoms with Crippen molar-refractivity contribution in [3.63, 3.8) is 0 Å². The molecule has 3 atom stereocenters. The van der Waals surface area contributed by atoms with Crippen molar-refractivity contribution in [3.05, 3.63) is 36.5 Å². The number of unbranched alkanes of at least 4 members (excludes halogenated alkanes) is 35. The first-order valence-electron chi connectivity index (χ1n) is 28.4. The molecule has 2 N–H and O–H groups in total. The van der Waals surface area contributed by atoms with Crippen LogP contribution < -0.4 is 10.2 Å². The second kappa shape index (κ2) is 48.7. The van der Waals surface area contributed by atoms with Crippen LogP contribution in [0.15, 0.2) is 36.5 Å². The second-order valence-corrected chi connectivity index (χ2v) is 22.0. The van der Waals surface area contributed by atoms with Gasteiger partial charge in [-0.15, -0.1) is 0 Å². The highest BCUT2D eigenvalue weighted by molar-refractivity contribution is 7.45. The lowest BCUT2D eigenvalue weighted by Gasteiger charge is -2.29. The summed E-state index contributed by atoms with van der Waals surface area (Å²) in [6, 6.07) is -0.907. The van der Waals surface area contributed by atoms with Gasteiger partial charge in [-0.25, -0.2) is 0 Å². The fourth-order valence-corrected chi connectivity index (χ4v) is 9.09. The molecule has 0 aromatic rings. The molecule has 0 aliphatic carbocycles. The van der Waals surface area contributed by atoms with E-state index in [0.29, 0.717) is 17.4 Å². The predicted molar refractivity (Wildman–Crippen MR) is 284 cm³/mol. The maximum absolute atomic E-state index is 12.9. The quantitative estimate of drug-likeness (QED) is 0.0272. The number of nitrogens with zero attached hydrogens (tertiary/aromatic N) is 1. The van der Waals surface area contributed by atoms with E-state index in [4.69, 9.17) is 9.05 Å². The smallest absolute Gasteiger partial charge is 0.268 e. The van der Waals surface area contributed by atoms with Crippen LogP contribution in [-0.2, 0) is 18.4 Å². The molecule has 0 heterocycles. The highest BCUT2D eigenvalue weighted by Gasteiger charge is 2.23. The van der Waals surface area contributed by atoms with Crippen molar-refractivity contribution in [2.24, 2.45) is 0 Å². The summed E-state index contributed by atoms with van der Waals surface area (Å²) in [5, 5.41) is 13.8. The van der Waals surface area contributed by atoms with E-state index in [1.165, 1.54) is 205 Å². The SMILES string of the molecule is CCCCCCCCCCCCCCCCCCCCC/C=C/CC/C=C/CC/C=C/C(O)C(COP(=O)([O-])OCC[N+](C)(C)C)NC(=O)CCCCCCCCCCCCCCCCC. The standard InChI is InChI=1S/C57H111N2O6P/c1-6-8-10-12-14-16-18-20-22-23-24-25-26-27-28-29-30-31-32-33-34-35-37-38-40-42-44-46-48-50-56(60)55(54-65-66(62,63)64-53-52-59(3,4)5)58-57(61)51-49-47-45-43-41-39-36-21-19-17-15-13-11-9-7-2/h34-35,40,42,48,50,55-56,60H,6-33,36-39,41,43-47,49,51-54H2,1-5H3,(H-,58,61,62,63)/b35-34+,42-40+,50-48+. The zero-order chi connectivity index (χ0) is 48.5. The topological polar surface area (TPSA) is 108 Å². The van der Waals surface area contributed by atoms with Crippen LogP contribution in [0, 0.1) is 0 Å². The lowest BCUT2D eigenvalue weighted by Crippen LogP contribution is -2.45. The van der Waals surface area contributed by atoms with Gasteiger partial charge in [0.05, 0.1) is 39.9 Å². The minimum absolute atomic E-state index is 0.00753. The molecule has 1 amide bonds. The molecule has 9 heteroatoms. The molecule has 0 bridgehead atoms. The minimum atomic E-state index is -4.60. The molecular formula is C57H111N2O6P. The van der Waals surface area contributed by atoms with E-state index in [-0.39, 0.29) is 12.5 Å². The number of aliphatic hydroxyl groups is 1. The number of hydrogen-bond donors (Lipinski definition) is 2. The Kier molecular flexibility index (Phi) is 47.8. The third-order valence-electron chi connectivity index (χ3n) is 12.8. The lowest BCUT2D eigenvalue weighted by molar-refractivity contribution is -0.870. The first-order chi connectivity index (χ1) is 32.0. The maximum atomic E-state index is 12.9. The minimum Gasteiger partial charge on any atom is -0.756 e. The van der Waals surface area contributed by atoms with Crippen molar-refractivity contribution in [2.75, 3.05) is 40.9 Å². The van der Waals surface area contributed by atoms with E-state index >= 15 is 0 Å². The molecule has 3 unspecified atom stereocenters. The number of phosphoric acid groups is 1. The Labute approximate surface area is 410 Å². The summed E-state index contributed by atoms with van der Waals surface area (Å²) in [5.74, 6) is -0.208. The summed E-state index contributed by atoms with van der Waals surface area (Å²) < 4.78 is 23.3. The summed E-state index contributed by atoms with van der Waals surface area (Å²) in [6.07, 6.45) is 62.3. The van der Waals surface area contributed by atoms with Gasteiger partial charge >= 0.3 is 0 Å². The van der Waals surface area contributed by atoms with E-state index in [0.717, 1.165) is 44.9 Å². The van der Waals surface area contributed by atoms with Crippen molar-refractivity contribution in [1.82, 2.24) is 5.32 Å². The zero-order valence-electron chi connectivity index (χ0n) is 44.4. The second-order valence-electron chi connectivity index (χ2n) is 20.6. The Bertz CT molecular complexity index is 1170. The Hall–Kier alpha value is -1.28. The molecule has 0 aliphatic rings. The van der Waals surface area contributed by atoms with E-state index in [9.17, 15) is 19.4 Å². The predicted octanol–water partition coefficient (Wildman–Crippen LogP) is 16.4. The molecule has 0 radical (unpaired) electrons. The van der Waals surface area contributed by atoms with Gasteiger partial charge in [0, 0.05) is 6.42 Å². The van der Waals surface area contributed by atoms with Crippen LogP contribution in [0.1, 0.15) is 271 Å². The molecule has 0 saturated carbocycles. The molecule has 0 fully saturated rings. The van der Waals surface area contributed by atoms with Gasteiger partial charge in [-0.05, 0) is 44.9 Å². The van der Waals surface area contributed by atoms with E-state index < -0.39 is 26.6 Å². The fraction of sp³-hybridized carbons (Fsp3) is 0.877. The number of allylic oxidation sites excluding steroid dienone is 5. The molecule has 390 valence electrons. The van der Waals surface area contributed by atoms with Crippen LogP contribution in [0.5, 0.6) is 0 Å². The van der Waals surface area contributed by atoms with E-state index in [1.54, 1.807) is 6.08 Å². The van der Waals surface area contributed by atoms with Crippen LogP contribution >= 0.6 is 7.82 Å². The molecule has 66 heavy (non-hydrogen) atoms. The number of rotatable bonds is 52. The molecule has 0 spiro atoms. The van der Waals surface area contributed by atoms with Crippen LogP contribution in [0.2, 0.25) is 0 Å². The van der Waals surface area contributed by atoms with Gasteiger partial charge < -0.3 is 28.8 Å². The molecule has 0 saturated heterocycles. The van der Waals surface area contributed by atoms with Gasteiger partial charge in [-0.2, -0.15) is 0 Å². The van der Waals surface area contributed by atoms with Crippen LogP contribution in [0.4, 0.5) is 0 Å². The number of phosphoric ester groups is 1. The Balaban J connectivity index is 4.22. The Morgan fingerprint density at radius 1 is 0.515 bits per heavy atom. The van der Waals surface area contributed by atoms with Crippen molar-refractivity contribution in [2.45, 2.75) is 283 Å². The highest BCUT2D eigenvalue weighted by atomic mass is 31.2. The highest BCUT2D eigenvalue weighted by Crippen LogP contribution is 2.38. The number of carbonyl (C=O) groups is 1. The van der Waals surface area contributed by atoms with Crippen molar-refractivity contribution < 1.29 is 32.9 Å². The van der Waals surface area contributed by atoms with E-state index in [1.807, 2.05) is 27.2 Å². The summed E-state index contributed by atoms with van der Waals surface area (Å²) in [5.41, 5.74) is 0. The third kappa shape index (κ3) is 50.6. The van der Waals surface area contributed by atoms with Crippen molar-refractivity contribution >= 4 is 13.7 Å². The number of quaternary nitrogens is 1. The normalized spacial score (nSPS) is 14.2. The Morgan fingerprint density at radius 3 is 1.23 bits per heavy atom. The number of amides is 1. The van der Waals surface area contributed by atoms with Gasteiger partial charge in [0.15, 0.2) is 0 Å². The fourth-order valence-electron chi connectivity index (χ4n) is 8.36. The van der Waals surface area contributed by atoms with Crippen LogP contribution in [-0.4, -0.2) is 68.5 Å². The summed E-state index contributed by atoms with van der Waals surface area (Å²) in [6.45, 7) is 4.65.